The number of nitrogens with one attached hydrogen (secondary N) is 1. The lowest BCUT2D eigenvalue weighted by Gasteiger charge is -2.22. The van der Waals surface area contributed by atoms with Crippen LogP contribution in [0.4, 0.5) is 18.9 Å². The van der Waals surface area contributed by atoms with Crippen molar-refractivity contribution >= 4 is 17.5 Å². The molecule has 0 aromatic heterocycles. The molecule has 0 atom stereocenters. The minimum Gasteiger partial charge on any atom is -0.354 e. The molecule has 27 heavy (non-hydrogen) atoms. The Labute approximate surface area is 156 Å². The molecule has 2 rings (SSSR count). The summed E-state index contributed by atoms with van der Waals surface area (Å²) < 4.78 is 38.6. The average molecular weight is 378 g/mol. The largest absolute Gasteiger partial charge is 0.416 e. The molecule has 2 aromatic carbocycles. The second-order valence-electron chi connectivity index (χ2n) is 6.05. The maximum atomic E-state index is 12.9. The summed E-state index contributed by atoms with van der Waals surface area (Å²) in [7, 11) is 0. The van der Waals surface area contributed by atoms with Crippen molar-refractivity contribution in [3.63, 3.8) is 0 Å². The van der Waals surface area contributed by atoms with Gasteiger partial charge in [0, 0.05) is 32.1 Å². The summed E-state index contributed by atoms with van der Waals surface area (Å²) >= 11 is 0. The maximum absolute atomic E-state index is 12.9. The first-order valence-corrected chi connectivity index (χ1v) is 8.53. The van der Waals surface area contributed by atoms with Crippen LogP contribution in [0.1, 0.15) is 24.5 Å². The second kappa shape index (κ2) is 9.21. The SMILES string of the molecule is CC(=O)N(CCNC(=O)CCc1ccccc1)c1cccc(C(F)(F)F)c1. The van der Waals surface area contributed by atoms with Gasteiger partial charge >= 0.3 is 6.18 Å². The predicted octanol–water partition coefficient (Wildman–Crippen LogP) is 3.81. The lowest BCUT2D eigenvalue weighted by atomic mass is 10.1. The second-order valence-corrected chi connectivity index (χ2v) is 6.05. The van der Waals surface area contributed by atoms with Crippen LogP contribution in [0.2, 0.25) is 0 Å². The van der Waals surface area contributed by atoms with Crippen LogP contribution >= 0.6 is 0 Å². The van der Waals surface area contributed by atoms with E-state index in [9.17, 15) is 22.8 Å². The molecule has 0 radical (unpaired) electrons. The molecule has 4 nitrogen and oxygen atoms in total. The Morgan fingerprint density at radius 2 is 1.74 bits per heavy atom. The first-order chi connectivity index (χ1) is 12.8. The fourth-order valence-electron chi connectivity index (χ4n) is 2.62. The van der Waals surface area contributed by atoms with Crippen LogP contribution in [0.5, 0.6) is 0 Å². The summed E-state index contributed by atoms with van der Waals surface area (Å²) in [6, 6.07) is 14.1. The maximum Gasteiger partial charge on any atom is 0.416 e. The van der Waals surface area contributed by atoms with E-state index in [1.165, 1.54) is 24.0 Å². The normalized spacial score (nSPS) is 11.1. The molecular formula is C20H21F3N2O2. The third-order valence-electron chi connectivity index (χ3n) is 4.01. The minimum atomic E-state index is -4.48. The smallest absolute Gasteiger partial charge is 0.354 e. The summed E-state index contributed by atoms with van der Waals surface area (Å²) in [4.78, 5) is 25.0. The highest BCUT2D eigenvalue weighted by Gasteiger charge is 2.31. The Bertz CT molecular complexity index is 776. The van der Waals surface area contributed by atoms with Gasteiger partial charge in [0.05, 0.1) is 5.56 Å². The van der Waals surface area contributed by atoms with Gasteiger partial charge in [-0.05, 0) is 30.2 Å². The van der Waals surface area contributed by atoms with Gasteiger partial charge in [-0.15, -0.1) is 0 Å². The number of carbonyl (C=O) groups excluding carboxylic acids is 2. The number of nitrogens with zero attached hydrogens (tertiary/aromatic N) is 1. The summed E-state index contributed by atoms with van der Waals surface area (Å²) in [5.41, 5.74) is 0.371. The van der Waals surface area contributed by atoms with E-state index in [0.717, 1.165) is 17.7 Å². The molecular weight excluding hydrogens is 357 g/mol. The number of hydrogen-bond acceptors (Lipinski definition) is 2. The van der Waals surface area contributed by atoms with Gasteiger partial charge in [-0.2, -0.15) is 13.2 Å². The number of rotatable bonds is 7. The van der Waals surface area contributed by atoms with Gasteiger partial charge in [-0.1, -0.05) is 36.4 Å². The average Bonchev–Trinajstić information content (AvgIpc) is 2.63. The van der Waals surface area contributed by atoms with Gasteiger partial charge < -0.3 is 10.2 Å². The van der Waals surface area contributed by atoms with Crippen LogP contribution in [0.15, 0.2) is 54.6 Å². The molecule has 7 heteroatoms. The van der Waals surface area contributed by atoms with E-state index in [-0.39, 0.29) is 24.7 Å². The molecule has 2 aromatic rings. The highest BCUT2D eigenvalue weighted by Crippen LogP contribution is 2.31. The van der Waals surface area contributed by atoms with Crippen molar-refractivity contribution in [3.8, 4) is 0 Å². The molecule has 0 heterocycles. The summed E-state index contributed by atoms with van der Waals surface area (Å²) in [6.45, 7) is 1.52. The zero-order valence-electron chi connectivity index (χ0n) is 14.9. The predicted molar refractivity (Wildman–Crippen MR) is 97.2 cm³/mol. The third-order valence-corrected chi connectivity index (χ3v) is 4.01. The number of carbonyl (C=O) groups is 2. The van der Waals surface area contributed by atoms with Gasteiger partial charge in [0.1, 0.15) is 0 Å². The molecule has 0 fully saturated rings. The zero-order chi connectivity index (χ0) is 19.9. The van der Waals surface area contributed by atoms with Crippen LogP contribution < -0.4 is 10.2 Å². The van der Waals surface area contributed by atoms with Crippen molar-refractivity contribution in [3.05, 3.63) is 65.7 Å². The molecule has 0 aliphatic carbocycles. The number of alkyl halides is 3. The third kappa shape index (κ3) is 6.44. The number of anilines is 1. The van der Waals surface area contributed by atoms with Crippen LogP contribution in [0.3, 0.4) is 0 Å². The molecule has 0 saturated heterocycles. The first-order valence-electron chi connectivity index (χ1n) is 8.53. The minimum absolute atomic E-state index is 0.0910. The number of aryl methyl sites for hydroxylation is 1. The van der Waals surface area contributed by atoms with Crippen molar-refractivity contribution in [2.45, 2.75) is 25.9 Å². The Morgan fingerprint density at radius 3 is 2.37 bits per heavy atom. The van der Waals surface area contributed by atoms with Crippen LogP contribution in [0, 0.1) is 0 Å². The Balaban J connectivity index is 1.89. The molecule has 0 spiro atoms. The fourth-order valence-corrected chi connectivity index (χ4v) is 2.62. The van der Waals surface area contributed by atoms with E-state index in [1.807, 2.05) is 30.3 Å². The quantitative estimate of drug-likeness (QED) is 0.797. The van der Waals surface area contributed by atoms with Gasteiger partial charge in [0.2, 0.25) is 11.8 Å². The van der Waals surface area contributed by atoms with Gasteiger partial charge in [-0.25, -0.2) is 0 Å². The molecule has 0 saturated carbocycles. The fraction of sp³-hybridized carbons (Fsp3) is 0.300. The molecule has 2 amide bonds. The van der Waals surface area contributed by atoms with Crippen molar-refractivity contribution in [1.29, 1.82) is 0 Å². The van der Waals surface area contributed by atoms with Crippen LogP contribution in [-0.2, 0) is 22.2 Å². The van der Waals surface area contributed by atoms with Crippen LogP contribution in [0.25, 0.3) is 0 Å². The number of amides is 2. The van der Waals surface area contributed by atoms with E-state index >= 15 is 0 Å². The molecule has 144 valence electrons. The van der Waals surface area contributed by atoms with Gasteiger partial charge in [0.15, 0.2) is 0 Å². The number of halogens is 3. The number of hydrogen-bond donors (Lipinski definition) is 1. The molecule has 0 aliphatic heterocycles. The summed E-state index contributed by atoms with van der Waals surface area (Å²) in [5.74, 6) is -0.570. The van der Waals surface area contributed by atoms with Gasteiger partial charge in [0.25, 0.3) is 0 Å². The first kappa shape index (κ1) is 20.5. The Morgan fingerprint density at radius 1 is 1.04 bits per heavy atom. The van der Waals surface area contributed by atoms with E-state index < -0.39 is 17.6 Å². The summed E-state index contributed by atoms with van der Waals surface area (Å²) in [6.07, 6.45) is -3.59. The standard InChI is InChI=1S/C20H21F3N2O2/c1-15(26)25(18-9-5-8-17(14-18)20(21,22)23)13-12-24-19(27)11-10-16-6-3-2-4-7-16/h2-9,14H,10-13H2,1H3,(H,24,27). The highest BCUT2D eigenvalue weighted by atomic mass is 19.4. The molecule has 0 aliphatic rings. The zero-order valence-corrected chi connectivity index (χ0v) is 14.9. The lowest BCUT2D eigenvalue weighted by Crippen LogP contribution is -2.37. The summed E-state index contributed by atoms with van der Waals surface area (Å²) in [5, 5.41) is 2.70. The molecule has 0 bridgehead atoms. The van der Waals surface area contributed by atoms with E-state index in [1.54, 1.807) is 0 Å². The van der Waals surface area contributed by atoms with Crippen molar-refractivity contribution in [2.75, 3.05) is 18.0 Å². The molecule has 1 N–H and O–H groups in total. The van der Waals surface area contributed by atoms with Crippen LogP contribution in [-0.4, -0.2) is 24.9 Å². The van der Waals surface area contributed by atoms with E-state index in [4.69, 9.17) is 0 Å². The topological polar surface area (TPSA) is 49.4 Å². The van der Waals surface area contributed by atoms with Gasteiger partial charge in [-0.3, -0.25) is 9.59 Å². The van der Waals surface area contributed by atoms with E-state index in [0.29, 0.717) is 12.8 Å². The number of benzene rings is 2. The van der Waals surface area contributed by atoms with Crippen molar-refractivity contribution in [2.24, 2.45) is 0 Å². The van der Waals surface area contributed by atoms with E-state index in [2.05, 4.69) is 5.32 Å². The molecule has 0 unspecified atom stereocenters. The van der Waals surface area contributed by atoms with Crippen molar-refractivity contribution < 1.29 is 22.8 Å². The monoisotopic (exact) mass is 378 g/mol. The highest BCUT2D eigenvalue weighted by molar-refractivity contribution is 5.91. The Kier molecular flexibility index (Phi) is 6.98. The lowest BCUT2D eigenvalue weighted by molar-refractivity contribution is -0.137. The van der Waals surface area contributed by atoms with Crippen molar-refractivity contribution in [1.82, 2.24) is 5.32 Å². The Hall–Kier alpha value is -2.83.